The van der Waals surface area contributed by atoms with Crippen LogP contribution in [0.1, 0.15) is 30.1 Å². The number of β-amino-alcohol motifs (C(OH)–C–C–N with tert-alkyl or cyclic N) is 1. The molecule has 0 unspecified atom stereocenters. The highest BCUT2D eigenvalue weighted by molar-refractivity contribution is 7.16. The van der Waals surface area contributed by atoms with Crippen LogP contribution in [0.2, 0.25) is 5.15 Å². The monoisotopic (exact) mass is 367 g/mol. The highest BCUT2D eigenvalue weighted by atomic mass is 35.5. The van der Waals surface area contributed by atoms with E-state index in [4.69, 9.17) is 11.6 Å². The molecule has 9 heteroatoms. The van der Waals surface area contributed by atoms with Crippen molar-refractivity contribution in [2.24, 2.45) is 0 Å². The number of aliphatic hydroxyl groups is 1. The van der Waals surface area contributed by atoms with Crippen LogP contribution in [0, 0.1) is 0 Å². The van der Waals surface area contributed by atoms with E-state index in [1.165, 1.54) is 11.3 Å². The van der Waals surface area contributed by atoms with Crippen molar-refractivity contribution in [1.29, 1.82) is 0 Å². The molecule has 1 aliphatic heterocycles. The Morgan fingerprint density at radius 3 is 2.96 bits per heavy atom. The molecule has 2 aromatic rings. The minimum absolute atomic E-state index is 0.199. The zero-order valence-corrected chi connectivity index (χ0v) is 14.9. The average molecular weight is 368 g/mol. The molecule has 0 aromatic carbocycles. The van der Waals surface area contributed by atoms with Crippen molar-refractivity contribution in [3.8, 4) is 10.6 Å². The van der Waals surface area contributed by atoms with Gasteiger partial charge in [0.25, 0.3) is 5.91 Å². The lowest BCUT2D eigenvalue weighted by Crippen LogP contribution is -2.29. The number of nitrogens with zero attached hydrogens (tertiary/aromatic N) is 4. The summed E-state index contributed by atoms with van der Waals surface area (Å²) < 4.78 is 0. The van der Waals surface area contributed by atoms with Gasteiger partial charge < -0.3 is 15.3 Å². The standard InChI is InChI=1S/C15H18ClN5O2S/c1-8(2)18-11-5-12(16)17-6-10(11)13-19-20-14(24-13)15(23)21-4-3-9(22)7-21/h5-6,8-9,22H,3-4,7H2,1-2H3,(H,17,18)/t9-/m1/s1. The number of rotatable bonds is 4. The van der Waals surface area contributed by atoms with E-state index in [1.807, 2.05) is 13.8 Å². The lowest BCUT2D eigenvalue weighted by atomic mass is 10.2. The lowest BCUT2D eigenvalue weighted by molar-refractivity contribution is 0.0763. The Labute approximate surface area is 148 Å². The van der Waals surface area contributed by atoms with Crippen molar-refractivity contribution in [2.75, 3.05) is 18.4 Å². The van der Waals surface area contributed by atoms with Crippen molar-refractivity contribution < 1.29 is 9.90 Å². The molecule has 2 N–H and O–H groups in total. The molecule has 0 radical (unpaired) electrons. The first-order chi connectivity index (χ1) is 11.4. The van der Waals surface area contributed by atoms with E-state index >= 15 is 0 Å². The number of halogens is 1. The number of aliphatic hydroxyl groups excluding tert-OH is 1. The van der Waals surface area contributed by atoms with Crippen LogP contribution in [0.5, 0.6) is 0 Å². The molecular formula is C15H18ClN5O2S. The van der Waals surface area contributed by atoms with Gasteiger partial charge in [-0.05, 0) is 26.3 Å². The Bertz CT molecular complexity index is 751. The number of pyridine rings is 1. The third kappa shape index (κ3) is 3.66. The molecule has 2 aromatic heterocycles. The molecule has 24 heavy (non-hydrogen) atoms. The molecule has 1 fully saturated rings. The van der Waals surface area contributed by atoms with Crippen molar-refractivity contribution in [2.45, 2.75) is 32.4 Å². The number of amides is 1. The Kier molecular flexibility index (Phi) is 4.98. The second-order valence-electron chi connectivity index (χ2n) is 5.96. The third-order valence-corrected chi connectivity index (χ3v) is 4.75. The molecule has 1 aliphatic rings. The van der Waals surface area contributed by atoms with Gasteiger partial charge in [-0.1, -0.05) is 22.9 Å². The first-order valence-electron chi connectivity index (χ1n) is 7.67. The maximum Gasteiger partial charge on any atom is 0.284 e. The summed E-state index contributed by atoms with van der Waals surface area (Å²) in [5, 5.41) is 22.3. The minimum Gasteiger partial charge on any atom is -0.391 e. The second kappa shape index (κ2) is 7.00. The van der Waals surface area contributed by atoms with Gasteiger partial charge >= 0.3 is 0 Å². The molecule has 0 aliphatic carbocycles. The average Bonchev–Trinajstić information content (AvgIpc) is 3.15. The van der Waals surface area contributed by atoms with Crippen LogP contribution in [0.15, 0.2) is 12.3 Å². The second-order valence-corrected chi connectivity index (χ2v) is 7.32. The number of carbonyl (C=O) groups excluding carboxylic acids is 1. The van der Waals surface area contributed by atoms with Gasteiger partial charge in [0.05, 0.1) is 11.7 Å². The third-order valence-electron chi connectivity index (χ3n) is 3.60. The summed E-state index contributed by atoms with van der Waals surface area (Å²) in [6, 6.07) is 1.94. The highest BCUT2D eigenvalue weighted by Crippen LogP contribution is 2.32. The molecule has 0 saturated carbocycles. The molecule has 0 spiro atoms. The molecule has 3 rings (SSSR count). The number of aromatic nitrogens is 3. The molecule has 1 amide bonds. The quantitative estimate of drug-likeness (QED) is 0.805. The highest BCUT2D eigenvalue weighted by Gasteiger charge is 2.28. The van der Waals surface area contributed by atoms with Gasteiger partial charge in [0, 0.05) is 31.0 Å². The normalized spacial score (nSPS) is 17.5. The van der Waals surface area contributed by atoms with Crippen LogP contribution in [0.3, 0.4) is 0 Å². The minimum atomic E-state index is -0.455. The van der Waals surface area contributed by atoms with Crippen LogP contribution < -0.4 is 5.32 Å². The predicted octanol–water partition coefficient (Wildman–Crippen LogP) is 2.28. The number of hydrogen-bond acceptors (Lipinski definition) is 7. The van der Waals surface area contributed by atoms with Crippen LogP contribution in [-0.2, 0) is 0 Å². The molecule has 0 bridgehead atoms. The number of carbonyl (C=O) groups is 1. The summed E-state index contributed by atoms with van der Waals surface area (Å²) in [6.07, 6.45) is 1.77. The van der Waals surface area contributed by atoms with Gasteiger partial charge in [0.1, 0.15) is 5.15 Å². The zero-order chi connectivity index (χ0) is 17.3. The Balaban J connectivity index is 1.87. The van der Waals surface area contributed by atoms with Gasteiger partial charge in [-0.15, -0.1) is 10.2 Å². The summed E-state index contributed by atoms with van der Waals surface area (Å²) in [5.41, 5.74) is 1.56. The number of nitrogens with one attached hydrogen (secondary N) is 1. The van der Waals surface area contributed by atoms with Crippen molar-refractivity contribution >= 4 is 34.5 Å². The van der Waals surface area contributed by atoms with E-state index < -0.39 is 6.10 Å². The van der Waals surface area contributed by atoms with Gasteiger partial charge in [-0.3, -0.25) is 4.79 Å². The van der Waals surface area contributed by atoms with Crippen molar-refractivity contribution in [3.63, 3.8) is 0 Å². The van der Waals surface area contributed by atoms with Gasteiger partial charge in [-0.25, -0.2) is 4.98 Å². The molecule has 1 saturated heterocycles. The van der Waals surface area contributed by atoms with E-state index in [1.54, 1.807) is 17.2 Å². The predicted molar refractivity (Wildman–Crippen MR) is 93.4 cm³/mol. The smallest absolute Gasteiger partial charge is 0.284 e. The largest absolute Gasteiger partial charge is 0.391 e. The van der Waals surface area contributed by atoms with E-state index in [0.717, 1.165) is 11.3 Å². The summed E-state index contributed by atoms with van der Waals surface area (Å²) >= 11 is 7.19. The van der Waals surface area contributed by atoms with Crippen LogP contribution in [0.4, 0.5) is 5.69 Å². The molecule has 1 atom stereocenters. The fourth-order valence-electron chi connectivity index (χ4n) is 2.51. The van der Waals surface area contributed by atoms with Crippen LogP contribution >= 0.6 is 22.9 Å². The first kappa shape index (κ1) is 17.1. The fraction of sp³-hybridized carbons (Fsp3) is 0.467. The van der Waals surface area contributed by atoms with Crippen LogP contribution in [-0.4, -0.2) is 56.3 Å². The summed E-state index contributed by atoms with van der Waals surface area (Å²) in [6.45, 7) is 4.92. The summed E-state index contributed by atoms with van der Waals surface area (Å²) in [7, 11) is 0. The fourth-order valence-corrected chi connectivity index (χ4v) is 3.50. The van der Waals surface area contributed by atoms with Crippen LogP contribution in [0.25, 0.3) is 10.6 Å². The number of likely N-dealkylation sites (tertiary alicyclic amines) is 1. The van der Waals surface area contributed by atoms with E-state index in [-0.39, 0.29) is 11.9 Å². The maximum absolute atomic E-state index is 12.4. The van der Waals surface area contributed by atoms with E-state index in [2.05, 4.69) is 20.5 Å². The van der Waals surface area contributed by atoms with Gasteiger partial charge in [0.15, 0.2) is 5.01 Å². The number of anilines is 1. The molecule has 7 nitrogen and oxygen atoms in total. The molecular weight excluding hydrogens is 350 g/mol. The Morgan fingerprint density at radius 1 is 1.50 bits per heavy atom. The zero-order valence-electron chi connectivity index (χ0n) is 13.4. The summed E-state index contributed by atoms with van der Waals surface area (Å²) in [4.78, 5) is 18.1. The summed E-state index contributed by atoms with van der Waals surface area (Å²) in [5.74, 6) is -0.199. The molecule has 3 heterocycles. The lowest BCUT2D eigenvalue weighted by Gasteiger charge is -2.13. The van der Waals surface area contributed by atoms with Gasteiger partial charge in [0.2, 0.25) is 5.01 Å². The number of hydrogen-bond donors (Lipinski definition) is 2. The van der Waals surface area contributed by atoms with E-state index in [0.29, 0.717) is 34.7 Å². The van der Waals surface area contributed by atoms with Crippen molar-refractivity contribution in [3.05, 3.63) is 22.4 Å². The SMILES string of the molecule is CC(C)Nc1cc(Cl)ncc1-c1nnc(C(=O)N2CC[C@@H](O)C2)s1. The molecule has 128 valence electrons. The van der Waals surface area contributed by atoms with Gasteiger partial charge in [-0.2, -0.15) is 0 Å². The Morgan fingerprint density at radius 2 is 2.29 bits per heavy atom. The topological polar surface area (TPSA) is 91.2 Å². The van der Waals surface area contributed by atoms with E-state index in [9.17, 15) is 9.90 Å². The maximum atomic E-state index is 12.4. The first-order valence-corrected chi connectivity index (χ1v) is 8.86. The van der Waals surface area contributed by atoms with Crippen molar-refractivity contribution in [1.82, 2.24) is 20.1 Å². The Hall–Kier alpha value is -1.77.